The highest BCUT2D eigenvalue weighted by Crippen LogP contribution is 2.17. The van der Waals surface area contributed by atoms with E-state index in [0.29, 0.717) is 0 Å². The molecule has 1 saturated heterocycles. The SMILES string of the molecule is CC.CC=C(C)C.CNCC1CCCCN1CC(C)C. The van der Waals surface area contributed by atoms with E-state index in [-0.39, 0.29) is 0 Å². The molecule has 1 heterocycles. The predicted octanol–water partition coefficient (Wildman–Crippen LogP) is 4.72. The van der Waals surface area contributed by atoms with Crippen LogP contribution in [0.2, 0.25) is 0 Å². The Morgan fingerprint density at radius 1 is 1.25 bits per heavy atom. The van der Waals surface area contributed by atoms with Crippen molar-refractivity contribution in [3.05, 3.63) is 11.6 Å². The number of allylic oxidation sites excluding steroid dienone is 2. The van der Waals surface area contributed by atoms with Gasteiger partial charge in [0.15, 0.2) is 0 Å². The standard InChI is InChI=1S/C11H24N2.C5H10.C2H6/c1-10(2)9-13-7-5-4-6-11(13)8-12-3;1-4-5(2)3;1-2/h10-12H,4-9H2,1-3H3;4H,1-3H3;1-2H3. The van der Waals surface area contributed by atoms with Crippen molar-refractivity contribution in [1.82, 2.24) is 10.2 Å². The maximum Gasteiger partial charge on any atom is 0.0220 e. The Balaban J connectivity index is 0. The maximum absolute atomic E-state index is 3.30. The molecule has 0 saturated carbocycles. The van der Waals surface area contributed by atoms with Crippen LogP contribution >= 0.6 is 0 Å². The Morgan fingerprint density at radius 2 is 1.80 bits per heavy atom. The molecule has 0 bridgehead atoms. The first-order valence-corrected chi connectivity index (χ1v) is 8.49. The van der Waals surface area contributed by atoms with Crippen LogP contribution in [0.5, 0.6) is 0 Å². The third-order valence-corrected chi connectivity index (χ3v) is 3.37. The van der Waals surface area contributed by atoms with E-state index in [0.717, 1.165) is 18.5 Å². The summed E-state index contributed by atoms with van der Waals surface area (Å²) in [5.41, 5.74) is 1.38. The number of hydrogen-bond acceptors (Lipinski definition) is 2. The highest BCUT2D eigenvalue weighted by atomic mass is 15.2. The van der Waals surface area contributed by atoms with Gasteiger partial charge in [-0.15, -0.1) is 0 Å². The second-order valence-electron chi connectivity index (χ2n) is 5.96. The van der Waals surface area contributed by atoms with Crippen molar-refractivity contribution in [1.29, 1.82) is 0 Å². The van der Waals surface area contributed by atoms with Crippen molar-refractivity contribution in [3.63, 3.8) is 0 Å². The second kappa shape index (κ2) is 15.1. The zero-order chi connectivity index (χ0) is 16.0. The van der Waals surface area contributed by atoms with Crippen LogP contribution in [0, 0.1) is 5.92 Å². The number of nitrogens with zero attached hydrogens (tertiary/aromatic N) is 1. The lowest BCUT2D eigenvalue weighted by Crippen LogP contribution is -2.46. The number of likely N-dealkylation sites (tertiary alicyclic amines) is 1. The van der Waals surface area contributed by atoms with Crippen molar-refractivity contribution in [3.8, 4) is 0 Å². The molecule has 0 spiro atoms. The molecule has 1 atom stereocenters. The fraction of sp³-hybridized carbons (Fsp3) is 0.889. The van der Waals surface area contributed by atoms with Gasteiger partial charge in [-0.2, -0.15) is 0 Å². The zero-order valence-electron chi connectivity index (χ0n) is 15.4. The molecule has 1 unspecified atom stereocenters. The first-order valence-electron chi connectivity index (χ1n) is 8.49. The minimum absolute atomic E-state index is 0.793. The predicted molar refractivity (Wildman–Crippen MR) is 94.4 cm³/mol. The Bertz CT molecular complexity index is 215. The quantitative estimate of drug-likeness (QED) is 0.752. The smallest absolute Gasteiger partial charge is 0.0220 e. The first kappa shape index (κ1) is 21.9. The van der Waals surface area contributed by atoms with Gasteiger partial charge < -0.3 is 5.32 Å². The van der Waals surface area contributed by atoms with Gasteiger partial charge in [0.25, 0.3) is 0 Å². The largest absolute Gasteiger partial charge is 0.318 e. The molecule has 1 N–H and O–H groups in total. The van der Waals surface area contributed by atoms with Gasteiger partial charge in [0.05, 0.1) is 0 Å². The Morgan fingerprint density at radius 3 is 2.20 bits per heavy atom. The summed E-state index contributed by atoms with van der Waals surface area (Å²) in [6.45, 7) is 18.6. The molecule has 1 aliphatic heterocycles. The number of piperidine rings is 1. The van der Waals surface area contributed by atoms with Crippen LogP contribution in [0.3, 0.4) is 0 Å². The van der Waals surface area contributed by atoms with E-state index in [1.807, 2.05) is 20.8 Å². The number of likely N-dealkylation sites (N-methyl/N-ethyl adjacent to an activating group) is 1. The van der Waals surface area contributed by atoms with E-state index in [1.165, 1.54) is 37.9 Å². The molecule has 0 aromatic rings. The van der Waals surface area contributed by atoms with Crippen LogP contribution in [-0.4, -0.2) is 37.6 Å². The number of rotatable bonds is 4. The lowest BCUT2D eigenvalue weighted by molar-refractivity contribution is 0.131. The highest BCUT2D eigenvalue weighted by Gasteiger charge is 2.21. The summed E-state index contributed by atoms with van der Waals surface area (Å²) in [5.74, 6) is 0.803. The van der Waals surface area contributed by atoms with Crippen molar-refractivity contribution in [2.75, 3.05) is 26.7 Å². The topological polar surface area (TPSA) is 15.3 Å². The molecule has 0 aliphatic carbocycles. The molecule has 1 fully saturated rings. The van der Waals surface area contributed by atoms with Crippen LogP contribution < -0.4 is 5.32 Å². The van der Waals surface area contributed by atoms with E-state index in [2.05, 4.69) is 51.0 Å². The molecule has 20 heavy (non-hydrogen) atoms. The average molecular weight is 285 g/mol. The molecular formula is C18H40N2. The molecule has 0 radical (unpaired) electrons. The van der Waals surface area contributed by atoms with E-state index in [1.54, 1.807) is 0 Å². The summed E-state index contributed by atoms with van der Waals surface area (Å²) in [7, 11) is 2.06. The third-order valence-electron chi connectivity index (χ3n) is 3.37. The van der Waals surface area contributed by atoms with Crippen molar-refractivity contribution < 1.29 is 0 Å². The molecule has 0 aromatic carbocycles. The van der Waals surface area contributed by atoms with Gasteiger partial charge in [0.1, 0.15) is 0 Å². The van der Waals surface area contributed by atoms with E-state index < -0.39 is 0 Å². The second-order valence-corrected chi connectivity index (χ2v) is 5.96. The molecule has 0 amide bonds. The lowest BCUT2D eigenvalue weighted by Gasteiger charge is -2.36. The molecule has 0 aromatic heterocycles. The third kappa shape index (κ3) is 12.7. The van der Waals surface area contributed by atoms with Crippen LogP contribution in [0.25, 0.3) is 0 Å². The highest BCUT2D eigenvalue weighted by molar-refractivity contribution is 4.88. The van der Waals surface area contributed by atoms with Gasteiger partial charge in [-0.3, -0.25) is 4.90 Å². The van der Waals surface area contributed by atoms with Crippen molar-refractivity contribution in [2.24, 2.45) is 5.92 Å². The summed E-state index contributed by atoms with van der Waals surface area (Å²) in [6, 6.07) is 0.793. The van der Waals surface area contributed by atoms with Crippen LogP contribution in [0.15, 0.2) is 11.6 Å². The van der Waals surface area contributed by atoms with Crippen LogP contribution in [0.1, 0.15) is 67.7 Å². The summed E-state index contributed by atoms with van der Waals surface area (Å²) in [5, 5.41) is 3.30. The minimum Gasteiger partial charge on any atom is -0.318 e. The molecule has 1 rings (SSSR count). The first-order chi connectivity index (χ1) is 9.51. The Kier molecular flexibility index (Phi) is 16.5. The lowest BCUT2D eigenvalue weighted by atomic mass is 10.0. The van der Waals surface area contributed by atoms with E-state index in [9.17, 15) is 0 Å². The summed E-state index contributed by atoms with van der Waals surface area (Å²) in [4.78, 5) is 2.66. The number of nitrogens with one attached hydrogen (secondary N) is 1. The van der Waals surface area contributed by atoms with Gasteiger partial charge in [-0.1, -0.05) is 45.8 Å². The van der Waals surface area contributed by atoms with Gasteiger partial charge >= 0.3 is 0 Å². The molecule has 122 valence electrons. The van der Waals surface area contributed by atoms with Gasteiger partial charge in [0, 0.05) is 19.1 Å². The average Bonchev–Trinajstić information content (AvgIpc) is 2.43. The minimum atomic E-state index is 0.793. The number of hydrogen-bond donors (Lipinski definition) is 1. The molecule has 1 aliphatic rings. The van der Waals surface area contributed by atoms with Gasteiger partial charge in [-0.05, 0) is 53.1 Å². The normalized spacial score (nSPS) is 18.6. The van der Waals surface area contributed by atoms with Gasteiger partial charge in [-0.25, -0.2) is 0 Å². The molecule has 2 heteroatoms. The maximum atomic E-state index is 3.30. The van der Waals surface area contributed by atoms with Crippen LogP contribution in [0.4, 0.5) is 0 Å². The monoisotopic (exact) mass is 284 g/mol. The fourth-order valence-corrected chi connectivity index (χ4v) is 2.24. The zero-order valence-corrected chi connectivity index (χ0v) is 15.4. The Labute approximate surface area is 129 Å². The summed E-state index contributed by atoms with van der Waals surface area (Å²) < 4.78 is 0. The molecule has 2 nitrogen and oxygen atoms in total. The van der Waals surface area contributed by atoms with E-state index >= 15 is 0 Å². The van der Waals surface area contributed by atoms with Crippen LogP contribution in [-0.2, 0) is 0 Å². The van der Waals surface area contributed by atoms with E-state index in [4.69, 9.17) is 0 Å². The molecular weight excluding hydrogens is 244 g/mol. The van der Waals surface area contributed by atoms with Crippen molar-refractivity contribution >= 4 is 0 Å². The summed E-state index contributed by atoms with van der Waals surface area (Å²) >= 11 is 0. The summed E-state index contributed by atoms with van der Waals surface area (Å²) in [6.07, 6.45) is 6.28. The Hall–Kier alpha value is -0.340. The fourth-order valence-electron chi connectivity index (χ4n) is 2.24. The van der Waals surface area contributed by atoms with Gasteiger partial charge in [0.2, 0.25) is 0 Å². The van der Waals surface area contributed by atoms with Crippen molar-refractivity contribution in [2.45, 2.75) is 73.8 Å².